The predicted molar refractivity (Wildman–Crippen MR) is 69.4 cm³/mol. The Balaban J connectivity index is 1.73. The van der Waals surface area contributed by atoms with Crippen molar-refractivity contribution in [2.75, 3.05) is 0 Å². The van der Waals surface area contributed by atoms with Crippen LogP contribution in [0.15, 0.2) is 4.52 Å². The molecule has 108 valence electrons. The number of fused-ring (bicyclic) bond motifs is 1. The summed E-state index contributed by atoms with van der Waals surface area (Å²) in [7, 11) is 0. The van der Waals surface area contributed by atoms with Gasteiger partial charge in [0.15, 0.2) is 5.69 Å². The average molecular weight is 278 g/mol. The number of aromatic nitrogens is 1. The molecule has 1 amide bonds. The number of carbonyl (C=O) groups excluding carboxylic acids is 1. The summed E-state index contributed by atoms with van der Waals surface area (Å²) >= 11 is 0. The molecule has 0 radical (unpaired) electrons. The SMILES string of the molecule is O=C(N[C@H]1CCC[C@H]1C(=O)O)c1noc2c1CCCC2. The van der Waals surface area contributed by atoms with E-state index in [9.17, 15) is 9.59 Å². The Labute approximate surface area is 116 Å². The lowest BCUT2D eigenvalue weighted by atomic mass is 9.96. The molecule has 0 aliphatic heterocycles. The highest BCUT2D eigenvalue weighted by atomic mass is 16.5. The van der Waals surface area contributed by atoms with Crippen LogP contribution in [-0.2, 0) is 17.6 Å². The van der Waals surface area contributed by atoms with Crippen LogP contribution >= 0.6 is 0 Å². The van der Waals surface area contributed by atoms with E-state index in [1.54, 1.807) is 0 Å². The average Bonchev–Trinajstić information content (AvgIpc) is 3.04. The van der Waals surface area contributed by atoms with Gasteiger partial charge in [-0.15, -0.1) is 0 Å². The summed E-state index contributed by atoms with van der Waals surface area (Å²) in [5.41, 5.74) is 1.24. The van der Waals surface area contributed by atoms with Gasteiger partial charge in [-0.25, -0.2) is 0 Å². The number of nitrogens with one attached hydrogen (secondary N) is 1. The topological polar surface area (TPSA) is 92.4 Å². The maximum absolute atomic E-state index is 12.3. The Kier molecular flexibility index (Phi) is 3.46. The molecule has 20 heavy (non-hydrogen) atoms. The van der Waals surface area contributed by atoms with Gasteiger partial charge in [0.2, 0.25) is 0 Å². The van der Waals surface area contributed by atoms with Crippen LogP contribution in [0.5, 0.6) is 0 Å². The molecule has 1 aromatic rings. The molecule has 1 saturated carbocycles. The van der Waals surface area contributed by atoms with Crippen LogP contribution in [0.4, 0.5) is 0 Å². The smallest absolute Gasteiger partial charge is 0.308 e. The fourth-order valence-corrected chi connectivity index (χ4v) is 3.23. The molecule has 1 aromatic heterocycles. The molecule has 2 aliphatic carbocycles. The van der Waals surface area contributed by atoms with Crippen molar-refractivity contribution in [1.82, 2.24) is 10.5 Å². The Hall–Kier alpha value is -1.85. The van der Waals surface area contributed by atoms with E-state index in [1.165, 1.54) is 0 Å². The number of carboxylic acids is 1. The van der Waals surface area contributed by atoms with Crippen molar-refractivity contribution >= 4 is 11.9 Å². The molecule has 2 atom stereocenters. The largest absolute Gasteiger partial charge is 0.481 e. The zero-order valence-electron chi connectivity index (χ0n) is 11.2. The number of aliphatic carboxylic acids is 1. The predicted octanol–water partition coefficient (Wildman–Crippen LogP) is 1.54. The maximum Gasteiger partial charge on any atom is 0.308 e. The number of rotatable bonds is 3. The lowest BCUT2D eigenvalue weighted by Gasteiger charge is -2.17. The van der Waals surface area contributed by atoms with Crippen molar-refractivity contribution in [3.05, 3.63) is 17.0 Å². The van der Waals surface area contributed by atoms with Gasteiger partial charge < -0.3 is 14.9 Å². The van der Waals surface area contributed by atoms with Crippen molar-refractivity contribution < 1.29 is 19.2 Å². The van der Waals surface area contributed by atoms with E-state index in [2.05, 4.69) is 10.5 Å². The molecular formula is C14H18N2O4. The zero-order chi connectivity index (χ0) is 14.1. The van der Waals surface area contributed by atoms with Crippen LogP contribution in [0.2, 0.25) is 0 Å². The van der Waals surface area contributed by atoms with E-state index < -0.39 is 11.9 Å². The number of carboxylic acid groups (broad SMARTS) is 1. The monoisotopic (exact) mass is 278 g/mol. The molecule has 0 aromatic carbocycles. The maximum atomic E-state index is 12.3. The lowest BCUT2D eigenvalue weighted by molar-refractivity contribution is -0.142. The summed E-state index contributed by atoms with van der Waals surface area (Å²) in [4.78, 5) is 23.4. The van der Waals surface area contributed by atoms with E-state index in [4.69, 9.17) is 9.63 Å². The van der Waals surface area contributed by atoms with E-state index in [0.29, 0.717) is 18.5 Å². The summed E-state index contributed by atoms with van der Waals surface area (Å²) in [6, 6.07) is -0.295. The first-order valence-electron chi connectivity index (χ1n) is 7.18. The summed E-state index contributed by atoms with van der Waals surface area (Å²) in [6.45, 7) is 0. The second-order valence-corrected chi connectivity index (χ2v) is 5.60. The van der Waals surface area contributed by atoms with Crippen LogP contribution in [0.3, 0.4) is 0 Å². The van der Waals surface area contributed by atoms with Gasteiger partial charge in [0.25, 0.3) is 5.91 Å². The van der Waals surface area contributed by atoms with Crippen molar-refractivity contribution in [1.29, 1.82) is 0 Å². The van der Waals surface area contributed by atoms with E-state index in [1.807, 2.05) is 0 Å². The molecule has 1 heterocycles. The summed E-state index contributed by atoms with van der Waals surface area (Å²) in [5.74, 6) is -0.811. The Bertz CT molecular complexity index is 537. The van der Waals surface area contributed by atoms with Gasteiger partial charge in [-0.3, -0.25) is 9.59 Å². The second-order valence-electron chi connectivity index (χ2n) is 5.60. The number of nitrogens with zero attached hydrogens (tertiary/aromatic N) is 1. The Morgan fingerprint density at radius 2 is 2.00 bits per heavy atom. The third-order valence-electron chi connectivity index (χ3n) is 4.31. The van der Waals surface area contributed by atoms with E-state index >= 15 is 0 Å². The summed E-state index contributed by atoms with van der Waals surface area (Å²) < 4.78 is 5.22. The number of hydrogen-bond donors (Lipinski definition) is 2. The third kappa shape index (κ3) is 2.30. The standard InChI is InChI=1S/C14H18N2O4/c17-13(15-10-6-3-5-8(10)14(18)19)12-9-4-1-2-7-11(9)20-16-12/h8,10H,1-7H2,(H,15,17)(H,18,19)/t8-,10+/m1/s1. The first-order chi connectivity index (χ1) is 9.66. The molecule has 0 unspecified atom stereocenters. The Morgan fingerprint density at radius 1 is 1.20 bits per heavy atom. The minimum absolute atomic E-state index is 0.295. The van der Waals surface area contributed by atoms with Crippen LogP contribution in [0, 0.1) is 5.92 Å². The third-order valence-corrected chi connectivity index (χ3v) is 4.31. The fraction of sp³-hybridized carbons (Fsp3) is 0.643. The first-order valence-corrected chi connectivity index (χ1v) is 7.18. The van der Waals surface area contributed by atoms with Gasteiger partial charge in [-0.2, -0.15) is 0 Å². The quantitative estimate of drug-likeness (QED) is 0.874. The highest BCUT2D eigenvalue weighted by molar-refractivity contribution is 5.94. The summed E-state index contributed by atoms with van der Waals surface area (Å²) in [5, 5.41) is 15.8. The minimum atomic E-state index is -0.838. The van der Waals surface area contributed by atoms with Gasteiger partial charge in [0, 0.05) is 18.0 Å². The van der Waals surface area contributed by atoms with Gasteiger partial charge in [0.05, 0.1) is 5.92 Å². The number of amides is 1. The second kappa shape index (κ2) is 5.26. The van der Waals surface area contributed by atoms with Gasteiger partial charge >= 0.3 is 5.97 Å². The first kappa shape index (κ1) is 13.1. The number of carbonyl (C=O) groups is 2. The van der Waals surface area contributed by atoms with Crippen molar-refractivity contribution in [3.8, 4) is 0 Å². The van der Waals surface area contributed by atoms with Crippen molar-refractivity contribution in [2.45, 2.75) is 51.0 Å². The molecule has 0 bridgehead atoms. The van der Waals surface area contributed by atoms with Gasteiger partial charge in [0.1, 0.15) is 5.76 Å². The zero-order valence-corrected chi connectivity index (χ0v) is 11.2. The molecule has 0 saturated heterocycles. The van der Waals surface area contributed by atoms with Gasteiger partial charge in [-0.05, 0) is 32.1 Å². The van der Waals surface area contributed by atoms with E-state index in [-0.39, 0.29) is 11.9 Å². The molecule has 1 fully saturated rings. The lowest BCUT2D eigenvalue weighted by Crippen LogP contribution is -2.40. The normalized spacial score (nSPS) is 25.2. The molecule has 3 rings (SSSR count). The van der Waals surface area contributed by atoms with Crippen LogP contribution < -0.4 is 5.32 Å². The Morgan fingerprint density at radius 3 is 2.80 bits per heavy atom. The van der Waals surface area contributed by atoms with Crippen molar-refractivity contribution in [2.24, 2.45) is 5.92 Å². The highest BCUT2D eigenvalue weighted by Gasteiger charge is 2.35. The highest BCUT2D eigenvalue weighted by Crippen LogP contribution is 2.27. The fourth-order valence-electron chi connectivity index (χ4n) is 3.23. The van der Waals surface area contributed by atoms with Crippen LogP contribution in [-0.4, -0.2) is 28.2 Å². The van der Waals surface area contributed by atoms with Gasteiger partial charge in [-0.1, -0.05) is 11.6 Å². The van der Waals surface area contributed by atoms with Crippen LogP contribution in [0.25, 0.3) is 0 Å². The molecule has 2 aliphatic rings. The number of hydrogen-bond acceptors (Lipinski definition) is 4. The molecule has 0 spiro atoms. The van der Waals surface area contributed by atoms with Crippen LogP contribution in [0.1, 0.15) is 53.9 Å². The number of aryl methyl sites for hydroxylation is 1. The molecule has 6 heteroatoms. The minimum Gasteiger partial charge on any atom is -0.481 e. The molecule has 2 N–H and O–H groups in total. The van der Waals surface area contributed by atoms with Crippen molar-refractivity contribution in [3.63, 3.8) is 0 Å². The molecule has 6 nitrogen and oxygen atoms in total. The summed E-state index contributed by atoms with van der Waals surface area (Å²) in [6.07, 6.45) is 5.91. The van der Waals surface area contributed by atoms with E-state index in [0.717, 1.165) is 43.4 Å². The molecular weight excluding hydrogens is 260 g/mol.